The Morgan fingerprint density at radius 3 is 2.71 bits per heavy atom. The van der Waals surface area contributed by atoms with Gasteiger partial charge in [-0.1, -0.05) is 56.6 Å². The first-order valence-electron chi connectivity index (χ1n) is 10.6. The van der Waals surface area contributed by atoms with E-state index in [1.807, 2.05) is 0 Å². The molecule has 0 spiro atoms. The summed E-state index contributed by atoms with van der Waals surface area (Å²) in [6.45, 7) is 11.7. The second-order valence-electron chi connectivity index (χ2n) is 9.53. The zero-order chi connectivity index (χ0) is 16.9. The van der Waals surface area contributed by atoms with Crippen molar-refractivity contribution in [1.29, 1.82) is 0 Å². The Labute approximate surface area is 149 Å². The summed E-state index contributed by atoms with van der Waals surface area (Å²) in [7, 11) is 0. The molecule has 0 aliphatic heterocycles. The van der Waals surface area contributed by atoms with Crippen LogP contribution in [0.2, 0.25) is 0 Å². The summed E-state index contributed by atoms with van der Waals surface area (Å²) in [5.74, 6) is 3.83. The van der Waals surface area contributed by atoms with Gasteiger partial charge in [0.25, 0.3) is 0 Å². The minimum absolute atomic E-state index is 0.348. The molecule has 0 heterocycles. The van der Waals surface area contributed by atoms with Crippen LogP contribution in [-0.2, 0) is 0 Å². The van der Waals surface area contributed by atoms with Crippen molar-refractivity contribution < 1.29 is 0 Å². The van der Waals surface area contributed by atoms with Gasteiger partial charge in [-0.15, -0.1) is 6.58 Å². The molecule has 4 rings (SSSR count). The van der Waals surface area contributed by atoms with Crippen LogP contribution in [0.4, 0.5) is 0 Å². The molecule has 0 saturated heterocycles. The Bertz CT molecular complexity index is 579. The van der Waals surface area contributed by atoms with E-state index in [9.17, 15) is 0 Å². The second kappa shape index (κ2) is 5.89. The first-order valence-corrected chi connectivity index (χ1v) is 10.6. The summed E-state index contributed by atoms with van der Waals surface area (Å²) >= 11 is 0. The molecule has 3 fully saturated rings. The highest BCUT2D eigenvalue weighted by atomic mass is 14.6. The van der Waals surface area contributed by atoms with Gasteiger partial charge in [-0.25, -0.2) is 0 Å². The molecule has 4 aliphatic rings. The normalized spacial score (nSPS) is 47.1. The number of hydrogen-bond donors (Lipinski definition) is 0. The molecule has 24 heavy (non-hydrogen) atoms. The van der Waals surface area contributed by atoms with Crippen molar-refractivity contribution >= 4 is 0 Å². The van der Waals surface area contributed by atoms with Gasteiger partial charge in [0.1, 0.15) is 0 Å². The molecule has 0 nitrogen and oxygen atoms in total. The monoisotopic (exact) mass is 324 g/mol. The van der Waals surface area contributed by atoms with Gasteiger partial charge in [0.05, 0.1) is 0 Å². The Morgan fingerprint density at radius 2 is 1.96 bits per heavy atom. The number of hydrogen-bond acceptors (Lipinski definition) is 0. The summed E-state index contributed by atoms with van der Waals surface area (Å²) in [5, 5.41) is 0. The third-order valence-electron chi connectivity index (χ3n) is 9.04. The van der Waals surface area contributed by atoms with E-state index < -0.39 is 0 Å². The maximum atomic E-state index is 4.05. The minimum atomic E-state index is 0.348. The fourth-order valence-corrected chi connectivity index (χ4v) is 7.77. The van der Waals surface area contributed by atoms with E-state index in [4.69, 9.17) is 0 Å². The number of fused-ring (bicyclic) bond motifs is 5. The largest absolute Gasteiger partial charge is 0.103 e. The smallest absolute Gasteiger partial charge is 0.0126 e. The summed E-state index contributed by atoms with van der Waals surface area (Å²) in [4.78, 5) is 0. The molecule has 0 aromatic carbocycles. The second-order valence-corrected chi connectivity index (χ2v) is 9.53. The van der Waals surface area contributed by atoms with Crippen LogP contribution in [-0.4, -0.2) is 0 Å². The number of rotatable bonds is 3. The SMILES string of the molecule is C=CCC1=CCC=C2CC[C@@H]3[C@H](CC[C@]4(C)[C@@H](CC)CC[C@@H]34)[C@@]12C. The van der Waals surface area contributed by atoms with E-state index in [1.165, 1.54) is 44.9 Å². The molecule has 0 unspecified atom stereocenters. The topological polar surface area (TPSA) is 0 Å². The molecular formula is C24H36. The van der Waals surface area contributed by atoms with Gasteiger partial charge >= 0.3 is 0 Å². The lowest BCUT2D eigenvalue weighted by molar-refractivity contribution is -0.0376. The van der Waals surface area contributed by atoms with Crippen LogP contribution in [0.15, 0.2) is 36.0 Å². The molecule has 0 radical (unpaired) electrons. The van der Waals surface area contributed by atoms with E-state index in [-0.39, 0.29) is 0 Å². The fourth-order valence-electron chi connectivity index (χ4n) is 7.77. The summed E-state index contributed by atoms with van der Waals surface area (Å²) in [5.41, 5.74) is 4.46. The molecule has 6 atom stereocenters. The van der Waals surface area contributed by atoms with Gasteiger partial charge in [-0.3, -0.25) is 0 Å². The maximum Gasteiger partial charge on any atom is 0.0126 e. The number of allylic oxidation sites excluding steroid dienone is 5. The van der Waals surface area contributed by atoms with Gasteiger partial charge < -0.3 is 0 Å². The van der Waals surface area contributed by atoms with Gasteiger partial charge in [0.2, 0.25) is 0 Å². The van der Waals surface area contributed by atoms with Crippen molar-refractivity contribution in [3.8, 4) is 0 Å². The van der Waals surface area contributed by atoms with Gasteiger partial charge in [-0.2, -0.15) is 0 Å². The zero-order valence-electron chi connectivity index (χ0n) is 16.1. The molecule has 0 amide bonds. The fraction of sp³-hybridized carbons (Fsp3) is 0.750. The molecule has 0 bridgehead atoms. The Hall–Kier alpha value is -0.780. The molecule has 3 saturated carbocycles. The molecule has 0 N–H and O–H groups in total. The minimum Gasteiger partial charge on any atom is -0.103 e. The zero-order valence-corrected chi connectivity index (χ0v) is 16.1. The first kappa shape index (κ1) is 16.7. The van der Waals surface area contributed by atoms with E-state index >= 15 is 0 Å². The van der Waals surface area contributed by atoms with Crippen LogP contribution in [0.5, 0.6) is 0 Å². The van der Waals surface area contributed by atoms with E-state index in [0.717, 1.165) is 36.5 Å². The molecular weight excluding hydrogens is 288 g/mol. The summed E-state index contributed by atoms with van der Waals surface area (Å²) < 4.78 is 0. The molecule has 4 aliphatic carbocycles. The van der Waals surface area contributed by atoms with Crippen molar-refractivity contribution in [3.63, 3.8) is 0 Å². The third-order valence-corrected chi connectivity index (χ3v) is 9.04. The van der Waals surface area contributed by atoms with Gasteiger partial charge in [-0.05, 0) is 80.5 Å². The average molecular weight is 325 g/mol. The van der Waals surface area contributed by atoms with Gasteiger partial charge in [0, 0.05) is 5.41 Å². The lowest BCUT2D eigenvalue weighted by Gasteiger charge is -2.58. The standard InChI is InChI=1S/C24H36/c1-5-8-18-9-7-10-19-11-13-20-21-14-12-17(6-2)23(21,3)16-15-22(20)24(18,19)4/h5,9-10,17,20-22H,1,6-8,11-16H2,2-4H3/t17-,20-,21-,22-,23+,24-/m0/s1. The average Bonchev–Trinajstić information content (AvgIpc) is 2.92. The maximum absolute atomic E-state index is 4.05. The summed E-state index contributed by atoms with van der Waals surface area (Å²) in [6.07, 6.45) is 19.6. The predicted octanol–water partition coefficient (Wildman–Crippen LogP) is 7.09. The molecule has 0 aromatic heterocycles. The van der Waals surface area contributed by atoms with E-state index in [1.54, 1.807) is 11.1 Å². The highest BCUT2D eigenvalue weighted by Crippen LogP contribution is 2.67. The predicted molar refractivity (Wildman–Crippen MR) is 104 cm³/mol. The third kappa shape index (κ3) is 2.10. The summed E-state index contributed by atoms with van der Waals surface area (Å²) in [6, 6.07) is 0. The van der Waals surface area contributed by atoms with E-state index in [2.05, 4.69) is 45.6 Å². The van der Waals surface area contributed by atoms with Crippen LogP contribution in [0.25, 0.3) is 0 Å². The lowest BCUT2D eigenvalue weighted by atomic mass is 9.46. The van der Waals surface area contributed by atoms with Crippen molar-refractivity contribution in [2.75, 3.05) is 0 Å². The van der Waals surface area contributed by atoms with Crippen LogP contribution in [0.1, 0.15) is 78.6 Å². The molecule has 132 valence electrons. The highest BCUT2D eigenvalue weighted by molar-refractivity contribution is 5.38. The lowest BCUT2D eigenvalue weighted by Crippen LogP contribution is -2.50. The van der Waals surface area contributed by atoms with Crippen molar-refractivity contribution in [2.24, 2.45) is 34.5 Å². The van der Waals surface area contributed by atoms with Crippen LogP contribution >= 0.6 is 0 Å². The first-order chi connectivity index (χ1) is 11.6. The highest BCUT2D eigenvalue weighted by Gasteiger charge is 2.58. The molecule has 0 heteroatoms. The van der Waals surface area contributed by atoms with Crippen molar-refractivity contribution in [1.82, 2.24) is 0 Å². The van der Waals surface area contributed by atoms with Crippen molar-refractivity contribution in [3.05, 3.63) is 36.0 Å². The Morgan fingerprint density at radius 1 is 1.12 bits per heavy atom. The van der Waals surface area contributed by atoms with Crippen molar-refractivity contribution in [2.45, 2.75) is 78.6 Å². The van der Waals surface area contributed by atoms with Crippen LogP contribution < -0.4 is 0 Å². The quantitative estimate of drug-likeness (QED) is 0.486. The van der Waals surface area contributed by atoms with Crippen LogP contribution in [0.3, 0.4) is 0 Å². The van der Waals surface area contributed by atoms with E-state index in [0.29, 0.717) is 10.8 Å². The molecule has 0 aromatic rings. The van der Waals surface area contributed by atoms with Gasteiger partial charge in [0.15, 0.2) is 0 Å². The Kier molecular flexibility index (Phi) is 4.09. The van der Waals surface area contributed by atoms with Crippen LogP contribution in [0, 0.1) is 34.5 Å². The Balaban J connectivity index is 1.69.